The molecular formula is C11H7N3O. The summed E-state index contributed by atoms with van der Waals surface area (Å²) in [7, 11) is 0. The second-order valence-corrected chi connectivity index (χ2v) is 3.29. The van der Waals surface area contributed by atoms with Gasteiger partial charge in [0.2, 0.25) is 5.91 Å². The molecule has 15 heavy (non-hydrogen) atoms. The van der Waals surface area contributed by atoms with Crippen molar-refractivity contribution in [3.63, 3.8) is 0 Å². The number of carbonyl (C=O) groups excluding carboxylic acids is 1. The molecule has 0 saturated carbocycles. The molecule has 0 fully saturated rings. The van der Waals surface area contributed by atoms with E-state index in [0.29, 0.717) is 5.69 Å². The minimum Gasteiger partial charge on any atom is -0.325 e. The number of nitrogens with zero attached hydrogens (tertiary/aromatic N) is 2. The highest BCUT2D eigenvalue weighted by Crippen LogP contribution is 2.36. The van der Waals surface area contributed by atoms with E-state index in [0.717, 1.165) is 5.56 Å². The number of anilines is 1. The number of rotatable bonds is 1. The summed E-state index contributed by atoms with van der Waals surface area (Å²) >= 11 is 0. The summed E-state index contributed by atoms with van der Waals surface area (Å²) in [5.41, 5.74) is 1.43. The molecule has 1 N–H and O–H groups in total. The van der Waals surface area contributed by atoms with Gasteiger partial charge in [-0.05, 0) is 11.6 Å². The molecule has 0 spiro atoms. The summed E-state index contributed by atoms with van der Waals surface area (Å²) < 4.78 is 0. The second-order valence-electron chi connectivity index (χ2n) is 3.29. The van der Waals surface area contributed by atoms with Crippen LogP contribution < -0.4 is 5.32 Å². The Balaban J connectivity index is 2.48. The third-order valence-electron chi connectivity index (χ3n) is 2.45. The maximum atomic E-state index is 11.6. The molecule has 1 aliphatic rings. The number of fused-ring (bicyclic) bond motifs is 1. The van der Waals surface area contributed by atoms with E-state index in [1.54, 1.807) is 24.3 Å². The van der Waals surface area contributed by atoms with Crippen molar-refractivity contribution in [2.45, 2.75) is 5.92 Å². The zero-order chi connectivity index (χ0) is 10.8. The van der Waals surface area contributed by atoms with Crippen LogP contribution in [0.4, 0.5) is 5.69 Å². The van der Waals surface area contributed by atoms with Crippen molar-refractivity contribution in [2.24, 2.45) is 5.92 Å². The number of nitriles is 2. The van der Waals surface area contributed by atoms with Crippen LogP contribution in [0, 0.1) is 28.6 Å². The Kier molecular flexibility index (Phi) is 2.11. The first kappa shape index (κ1) is 9.23. The van der Waals surface area contributed by atoms with Crippen LogP contribution in [0.3, 0.4) is 0 Å². The van der Waals surface area contributed by atoms with Gasteiger partial charge in [0.1, 0.15) is 5.92 Å². The summed E-state index contributed by atoms with van der Waals surface area (Å²) in [6.07, 6.45) is 0. The van der Waals surface area contributed by atoms with Gasteiger partial charge in [0.05, 0.1) is 18.1 Å². The highest BCUT2D eigenvalue weighted by molar-refractivity contribution is 6.03. The molecule has 1 aliphatic heterocycles. The number of hydrogen-bond acceptors (Lipinski definition) is 3. The fourth-order valence-electron chi connectivity index (χ4n) is 1.74. The van der Waals surface area contributed by atoms with Crippen molar-refractivity contribution in [1.82, 2.24) is 0 Å². The molecule has 1 atom stereocenters. The standard InChI is InChI=1S/C11H7N3O/c12-5-7(6-13)10-8-3-1-2-4-9(8)14-11(10)15/h1-4,7,10H,(H,14,15)/t10-/m1/s1. The van der Waals surface area contributed by atoms with Crippen molar-refractivity contribution < 1.29 is 4.79 Å². The molecule has 1 heterocycles. The topological polar surface area (TPSA) is 76.7 Å². The normalized spacial score (nSPS) is 17.8. The molecule has 0 unspecified atom stereocenters. The van der Waals surface area contributed by atoms with Gasteiger partial charge in [0.25, 0.3) is 0 Å². The molecule has 72 valence electrons. The summed E-state index contributed by atoms with van der Waals surface area (Å²) in [5.74, 6) is -1.85. The Morgan fingerprint density at radius 2 is 1.93 bits per heavy atom. The lowest BCUT2D eigenvalue weighted by molar-refractivity contribution is -0.117. The Hall–Kier alpha value is -2.33. The van der Waals surface area contributed by atoms with Crippen LogP contribution in [0.15, 0.2) is 24.3 Å². The SMILES string of the molecule is N#CC(C#N)[C@H]1C(=O)Nc2ccccc21. The van der Waals surface area contributed by atoms with E-state index in [2.05, 4.69) is 5.32 Å². The predicted octanol–water partition coefficient (Wildman–Crippen LogP) is 1.39. The van der Waals surface area contributed by atoms with Crippen LogP contribution in [0.1, 0.15) is 11.5 Å². The summed E-state index contributed by atoms with van der Waals surface area (Å²) in [4.78, 5) is 11.6. The first-order chi connectivity index (χ1) is 7.27. The molecular weight excluding hydrogens is 190 g/mol. The maximum absolute atomic E-state index is 11.6. The molecule has 0 saturated heterocycles. The molecule has 1 aromatic rings. The van der Waals surface area contributed by atoms with Gasteiger partial charge in [-0.25, -0.2) is 0 Å². The minimum atomic E-state index is -0.923. The van der Waals surface area contributed by atoms with Gasteiger partial charge in [0, 0.05) is 5.69 Å². The Bertz CT molecular complexity index is 481. The van der Waals surface area contributed by atoms with Crippen LogP contribution in [0.25, 0.3) is 0 Å². The quantitative estimate of drug-likeness (QED) is 0.738. The fourth-order valence-corrected chi connectivity index (χ4v) is 1.74. The van der Waals surface area contributed by atoms with Gasteiger partial charge in [-0.2, -0.15) is 10.5 Å². The molecule has 1 aromatic carbocycles. The Morgan fingerprint density at radius 1 is 1.27 bits per heavy atom. The Morgan fingerprint density at radius 3 is 2.60 bits per heavy atom. The molecule has 4 heteroatoms. The fraction of sp³-hybridized carbons (Fsp3) is 0.182. The van der Waals surface area contributed by atoms with Gasteiger partial charge in [-0.1, -0.05) is 18.2 Å². The van der Waals surface area contributed by atoms with Gasteiger partial charge in [-0.15, -0.1) is 0 Å². The van der Waals surface area contributed by atoms with Crippen LogP contribution in [0.5, 0.6) is 0 Å². The predicted molar refractivity (Wildman–Crippen MR) is 52.5 cm³/mol. The average Bonchev–Trinajstić information content (AvgIpc) is 2.58. The van der Waals surface area contributed by atoms with E-state index >= 15 is 0 Å². The highest BCUT2D eigenvalue weighted by atomic mass is 16.2. The van der Waals surface area contributed by atoms with Gasteiger partial charge in [0.15, 0.2) is 0 Å². The minimum absolute atomic E-state index is 0.274. The third kappa shape index (κ3) is 1.33. The number of carbonyl (C=O) groups is 1. The lowest BCUT2D eigenvalue weighted by atomic mass is 9.89. The third-order valence-corrected chi connectivity index (χ3v) is 2.45. The van der Waals surface area contributed by atoms with Crippen molar-refractivity contribution in [3.05, 3.63) is 29.8 Å². The second kappa shape index (κ2) is 3.43. The van der Waals surface area contributed by atoms with E-state index in [1.807, 2.05) is 12.1 Å². The summed E-state index contributed by atoms with van der Waals surface area (Å²) in [6, 6.07) is 10.8. The van der Waals surface area contributed by atoms with E-state index in [4.69, 9.17) is 10.5 Å². The van der Waals surface area contributed by atoms with Gasteiger partial charge < -0.3 is 5.32 Å². The first-order valence-electron chi connectivity index (χ1n) is 4.47. The number of hydrogen-bond donors (Lipinski definition) is 1. The number of nitrogens with one attached hydrogen (secondary N) is 1. The first-order valence-corrected chi connectivity index (χ1v) is 4.47. The Labute approximate surface area is 86.7 Å². The smallest absolute Gasteiger partial charge is 0.234 e. The van der Waals surface area contributed by atoms with E-state index in [9.17, 15) is 4.79 Å². The number of para-hydroxylation sites is 1. The lowest BCUT2D eigenvalue weighted by Gasteiger charge is -2.07. The zero-order valence-electron chi connectivity index (χ0n) is 7.77. The molecule has 0 aliphatic carbocycles. The van der Waals surface area contributed by atoms with Crippen LogP contribution in [-0.2, 0) is 4.79 Å². The van der Waals surface area contributed by atoms with E-state index in [1.165, 1.54) is 0 Å². The molecule has 4 nitrogen and oxygen atoms in total. The molecule has 0 bridgehead atoms. The van der Waals surface area contributed by atoms with Gasteiger partial charge in [-0.3, -0.25) is 4.79 Å². The maximum Gasteiger partial charge on any atom is 0.234 e. The number of amides is 1. The van der Waals surface area contributed by atoms with Crippen molar-refractivity contribution >= 4 is 11.6 Å². The summed E-state index contributed by atoms with van der Waals surface area (Å²) in [6.45, 7) is 0. The van der Waals surface area contributed by atoms with Crippen molar-refractivity contribution in [2.75, 3.05) is 5.32 Å². The van der Waals surface area contributed by atoms with Crippen molar-refractivity contribution in [3.8, 4) is 12.1 Å². The highest BCUT2D eigenvalue weighted by Gasteiger charge is 2.36. The van der Waals surface area contributed by atoms with Gasteiger partial charge >= 0.3 is 0 Å². The number of benzene rings is 1. The van der Waals surface area contributed by atoms with E-state index in [-0.39, 0.29) is 5.91 Å². The average molecular weight is 197 g/mol. The molecule has 2 rings (SSSR count). The van der Waals surface area contributed by atoms with Crippen LogP contribution in [0.2, 0.25) is 0 Å². The summed E-state index contributed by atoms with van der Waals surface area (Å²) in [5, 5.41) is 20.2. The molecule has 1 amide bonds. The molecule has 0 aromatic heterocycles. The van der Waals surface area contributed by atoms with Crippen LogP contribution in [-0.4, -0.2) is 5.91 Å². The monoisotopic (exact) mass is 197 g/mol. The molecule has 0 radical (unpaired) electrons. The zero-order valence-corrected chi connectivity index (χ0v) is 7.77. The lowest BCUT2D eigenvalue weighted by Crippen LogP contribution is -2.18. The van der Waals surface area contributed by atoms with Crippen molar-refractivity contribution in [1.29, 1.82) is 10.5 Å². The largest absolute Gasteiger partial charge is 0.325 e. The van der Waals surface area contributed by atoms with E-state index < -0.39 is 11.8 Å². The van der Waals surface area contributed by atoms with Crippen LogP contribution >= 0.6 is 0 Å².